The van der Waals surface area contributed by atoms with Crippen LogP contribution in [0.3, 0.4) is 0 Å². The Balaban J connectivity index is -0.0000000874. The Morgan fingerprint density at radius 2 is 1.05 bits per heavy atom. The van der Waals surface area contributed by atoms with E-state index in [0.29, 0.717) is 6.42 Å². The van der Waals surface area contributed by atoms with Crippen LogP contribution in [0.5, 0.6) is 0 Å². The highest BCUT2D eigenvalue weighted by Gasteiger charge is 1.80. The second kappa shape index (κ2) is 63.6. The fraction of sp³-hybridized carbons (Fsp3) is 0.286. The number of unbranched alkanes of at least 4 members (excludes halogenated alkanes) is 2. The molecule has 0 radical (unpaired) electrons. The van der Waals surface area contributed by atoms with E-state index < -0.39 is 0 Å². The first-order chi connectivity index (χ1) is 18.4. The van der Waals surface area contributed by atoms with E-state index >= 15 is 0 Å². The van der Waals surface area contributed by atoms with Gasteiger partial charge in [0.1, 0.15) is 13.1 Å². The van der Waals surface area contributed by atoms with Gasteiger partial charge < -0.3 is 9.59 Å². The normalized spacial score (nSPS) is 7.87. The van der Waals surface area contributed by atoms with Crippen molar-refractivity contribution in [3.05, 3.63) is 60.8 Å². The van der Waals surface area contributed by atoms with Crippen LogP contribution in [0.15, 0.2) is 60.8 Å². The third-order valence-electron chi connectivity index (χ3n) is 2.84. The van der Waals surface area contributed by atoms with Gasteiger partial charge in [0.25, 0.3) is 0 Å². The molecule has 3 heteroatoms. The van der Waals surface area contributed by atoms with Crippen molar-refractivity contribution in [2.24, 2.45) is 0 Å². The van der Waals surface area contributed by atoms with Gasteiger partial charge >= 0.3 is 0 Å². The molecule has 0 spiro atoms. The standard InChI is InChI=1S/C11H16O.C8H12O.C6H2.C5H4.C4H6.CH2O/c1-3-4-5-6-7-8-9-10-11(2)12;1-2-3-4-5-6-7-8-9;1-3-5-6-4-2;1-3-5-4-2;1-3-4-2;1-2/h3-6,9-10H,7-8H2,1-2H3;2-5,8H,6-7H2,1H3;1-2H;1H,2H3;1-2H3;1H2/b4-3+,6-5-,10-9+;3-2+,5-4-;;;;. The molecular formula is C35H42O3. The Labute approximate surface area is 233 Å². The van der Waals surface area contributed by atoms with E-state index in [4.69, 9.17) is 24.1 Å². The van der Waals surface area contributed by atoms with E-state index in [1.165, 1.54) is 0 Å². The maximum absolute atomic E-state index is 10.5. The molecule has 0 aromatic rings. The summed E-state index contributed by atoms with van der Waals surface area (Å²) in [6.45, 7) is 12.9. The molecule has 0 rings (SSSR count). The van der Waals surface area contributed by atoms with Crippen LogP contribution in [0.25, 0.3) is 0 Å². The fourth-order valence-electron chi connectivity index (χ4n) is 1.32. The average molecular weight is 511 g/mol. The lowest BCUT2D eigenvalue weighted by atomic mass is 10.2. The predicted octanol–water partition coefficient (Wildman–Crippen LogP) is 6.89. The van der Waals surface area contributed by atoms with Crippen LogP contribution >= 0.6 is 0 Å². The first kappa shape index (κ1) is 46.4. The Kier molecular flexibility index (Phi) is 77.6. The number of allylic oxidation sites excluding steroid dienone is 10. The van der Waals surface area contributed by atoms with E-state index in [1.54, 1.807) is 19.9 Å². The van der Waals surface area contributed by atoms with E-state index in [-0.39, 0.29) is 5.78 Å². The molecule has 0 atom stereocenters. The summed E-state index contributed by atoms with van der Waals surface area (Å²) in [7, 11) is 0. The van der Waals surface area contributed by atoms with Crippen LogP contribution in [0.1, 0.15) is 67.2 Å². The summed E-state index contributed by atoms with van der Waals surface area (Å²) in [5, 5.41) is 0. The van der Waals surface area contributed by atoms with Crippen LogP contribution in [0.4, 0.5) is 0 Å². The molecule has 0 fully saturated rings. The Bertz CT molecular complexity index is 968. The minimum atomic E-state index is 0.118. The molecule has 0 saturated heterocycles. The Hall–Kier alpha value is -4.93. The largest absolute Gasteiger partial charge is 0.307 e. The number of carbonyl (C=O) groups is 3. The summed E-state index contributed by atoms with van der Waals surface area (Å²) < 4.78 is 0. The van der Waals surface area contributed by atoms with Crippen molar-refractivity contribution >= 4 is 18.9 Å². The molecule has 200 valence electrons. The minimum Gasteiger partial charge on any atom is -0.307 e. The van der Waals surface area contributed by atoms with Crippen molar-refractivity contribution in [3.8, 4) is 72.6 Å². The lowest BCUT2D eigenvalue weighted by Gasteiger charge is -1.84. The van der Waals surface area contributed by atoms with Gasteiger partial charge in [0.05, 0.1) is 0 Å². The minimum absolute atomic E-state index is 0.118. The quantitative estimate of drug-likeness (QED) is 0.112. The molecule has 0 aromatic heterocycles. The number of aldehydes is 1. The lowest BCUT2D eigenvalue weighted by molar-refractivity contribution is -0.112. The third kappa shape index (κ3) is 109. The van der Waals surface area contributed by atoms with Crippen molar-refractivity contribution < 1.29 is 14.4 Å². The van der Waals surface area contributed by atoms with Crippen molar-refractivity contribution in [3.63, 3.8) is 0 Å². The molecule has 0 N–H and O–H groups in total. The Morgan fingerprint density at radius 1 is 0.658 bits per heavy atom. The molecule has 3 nitrogen and oxygen atoms in total. The number of terminal acetylenes is 3. The van der Waals surface area contributed by atoms with Gasteiger partial charge in [0.2, 0.25) is 0 Å². The van der Waals surface area contributed by atoms with Crippen molar-refractivity contribution in [1.29, 1.82) is 0 Å². The Morgan fingerprint density at radius 3 is 1.32 bits per heavy atom. The zero-order chi connectivity index (χ0) is 30.5. The lowest BCUT2D eigenvalue weighted by Crippen LogP contribution is -1.78. The van der Waals surface area contributed by atoms with E-state index in [9.17, 15) is 9.59 Å². The maximum atomic E-state index is 10.5. The highest BCUT2D eigenvalue weighted by Crippen LogP contribution is 1.93. The molecule has 0 bridgehead atoms. The summed E-state index contributed by atoms with van der Waals surface area (Å²) in [6.07, 6.45) is 37.9. The number of rotatable bonds is 9. The van der Waals surface area contributed by atoms with Gasteiger partial charge in [0.15, 0.2) is 5.78 Å². The van der Waals surface area contributed by atoms with Crippen molar-refractivity contribution in [2.45, 2.75) is 67.2 Å². The summed E-state index contributed by atoms with van der Waals surface area (Å²) in [4.78, 5) is 28.2. The molecule has 0 aliphatic heterocycles. The molecule has 0 aliphatic rings. The van der Waals surface area contributed by atoms with Gasteiger partial charge in [-0.1, -0.05) is 60.6 Å². The van der Waals surface area contributed by atoms with Crippen LogP contribution < -0.4 is 0 Å². The summed E-state index contributed by atoms with van der Waals surface area (Å²) in [6, 6.07) is 0. The van der Waals surface area contributed by atoms with Gasteiger partial charge in [-0.15, -0.1) is 31.1 Å². The number of hydrogen-bond donors (Lipinski definition) is 0. The zero-order valence-corrected chi connectivity index (χ0v) is 23.8. The molecule has 0 heterocycles. The van der Waals surface area contributed by atoms with Gasteiger partial charge in [-0.05, 0) is 102 Å². The van der Waals surface area contributed by atoms with Crippen LogP contribution in [0.2, 0.25) is 0 Å². The smallest absolute Gasteiger partial charge is 0.152 e. The van der Waals surface area contributed by atoms with Crippen molar-refractivity contribution in [1.82, 2.24) is 0 Å². The third-order valence-corrected chi connectivity index (χ3v) is 2.84. The van der Waals surface area contributed by atoms with Crippen molar-refractivity contribution in [2.75, 3.05) is 0 Å². The number of hydrogen-bond acceptors (Lipinski definition) is 3. The molecular weight excluding hydrogens is 468 g/mol. The second-order valence-electron chi connectivity index (χ2n) is 5.80. The monoisotopic (exact) mass is 510 g/mol. The number of carbonyl (C=O) groups excluding carboxylic acids is 3. The molecule has 38 heavy (non-hydrogen) atoms. The van der Waals surface area contributed by atoms with Crippen LogP contribution in [0, 0.1) is 72.6 Å². The van der Waals surface area contributed by atoms with E-state index in [0.717, 1.165) is 25.5 Å². The molecule has 0 amide bonds. The molecule has 0 aliphatic carbocycles. The molecule has 0 aromatic carbocycles. The number of ketones is 1. The fourth-order valence-corrected chi connectivity index (χ4v) is 1.32. The van der Waals surface area contributed by atoms with E-state index in [2.05, 4.69) is 59.4 Å². The van der Waals surface area contributed by atoms with Crippen LogP contribution in [-0.4, -0.2) is 18.9 Å². The van der Waals surface area contributed by atoms with Gasteiger partial charge in [-0.3, -0.25) is 4.79 Å². The summed E-state index contributed by atoms with van der Waals surface area (Å²) in [5.74, 6) is 21.2. The first-order valence-electron chi connectivity index (χ1n) is 11.5. The first-order valence-corrected chi connectivity index (χ1v) is 11.5. The summed E-state index contributed by atoms with van der Waals surface area (Å²) in [5.41, 5.74) is 0. The SMILES string of the molecule is C#CC#CC.C#CC#CC#C.C/C=C/C=C\CC/C=C/C(C)=O.C/C=C/C=C\CCC=O.C=O.CC#CC. The van der Waals surface area contributed by atoms with Gasteiger partial charge in [-0.2, -0.15) is 0 Å². The van der Waals surface area contributed by atoms with E-state index in [1.807, 2.05) is 83.1 Å². The zero-order valence-electron chi connectivity index (χ0n) is 23.8. The second-order valence-corrected chi connectivity index (χ2v) is 5.80. The van der Waals surface area contributed by atoms with Gasteiger partial charge in [0, 0.05) is 6.42 Å². The maximum Gasteiger partial charge on any atom is 0.152 e. The molecule has 0 unspecified atom stereocenters. The predicted molar refractivity (Wildman–Crippen MR) is 166 cm³/mol. The topological polar surface area (TPSA) is 51.2 Å². The van der Waals surface area contributed by atoms with Gasteiger partial charge in [-0.25, -0.2) is 0 Å². The highest BCUT2D eigenvalue weighted by atomic mass is 16.1. The average Bonchev–Trinajstić information content (AvgIpc) is 2.94. The highest BCUT2D eigenvalue weighted by molar-refractivity contribution is 5.87. The van der Waals surface area contributed by atoms with Crippen LogP contribution in [-0.2, 0) is 14.4 Å². The molecule has 0 saturated carbocycles. The summed E-state index contributed by atoms with van der Waals surface area (Å²) >= 11 is 0.